The van der Waals surface area contributed by atoms with Gasteiger partial charge in [0.15, 0.2) is 0 Å². The van der Waals surface area contributed by atoms with Gasteiger partial charge >= 0.3 is 12.0 Å². The predicted molar refractivity (Wildman–Crippen MR) is 71.6 cm³/mol. The lowest BCUT2D eigenvalue weighted by Gasteiger charge is -2.32. The van der Waals surface area contributed by atoms with Crippen molar-refractivity contribution in [1.29, 1.82) is 0 Å². The van der Waals surface area contributed by atoms with Crippen LogP contribution in [0.5, 0.6) is 0 Å². The Morgan fingerprint density at radius 3 is 2.28 bits per heavy atom. The number of urea groups is 1. The number of carboxylic acids is 1. The zero-order valence-electron chi connectivity index (χ0n) is 12.1. The van der Waals surface area contributed by atoms with E-state index in [1.807, 2.05) is 13.8 Å². The van der Waals surface area contributed by atoms with Crippen molar-refractivity contribution in [1.82, 2.24) is 10.2 Å². The van der Waals surface area contributed by atoms with Crippen LogP contribution in [-0.2, 0) is 4.79 Å². The van der Waals surface area contributed by atoms with Crippen LogP contribution in [0, 0.1) is 0 Å². The van der Waals surface area contributed by atoms with Gasteiger partial charge in [0.2, 0.25) is 0 Å². The first-order chi connectivity index (χ1) is 8.26. The van der Waals surface area contributed by atoms with E-state index in [0.29, 0.717) is 6.54 Å². The number of aliphatic carboxylic acids is 1. The third-order valence-corrected chi connectivity index (χ3v) is 3.09. The van der Waals surface area contributed by atoms with Crippen LogP contribution in [0.3, 0.4) is 0 Å². The van der Waals surface area contributed by atoms with Gasteiger partial charge in [-0.1, -0.05) is 20.3 Å². The van der Waals surface area contributed by atoms with Crippen molar-refractivity contribution in [2.75, 3.05) is 6.54 Å². The molecule has 0 bridgehead atoms. The number of amides is 2. The maximum absolute atomic E-state index is 12.1. The normalized spacial score (nSPS) is 12.9. The second-order valence-corrected chi connectivity index (χ2v) is 5.16. The maximum atomic E-state index is 12.1. The number of hydrogen-bond donors (Lipinski definition) is 2. The molecule has 2 N–H and O–H groups in total. The summed E-state index contributed by atoms with van der Waals surface area (Å²) in [7, 11) is 0. The summed E-state index contributed by atoms with van der Waals surface area (Å²) in [6.07, 6.45) is 2.78. The van der Waals surface area contributed by atoms with Crippen LogP contribution in [0.2, 0.25) is 0 Å². The molecule has 0 fully saturated rings. The molecule has 0 aromatic carbocycles. The van der Waals surface area contributed by atoms with Gasteiger partial charge < -0.3 is 15.3 Å². The fourth-order valence-electron chi connectivity index (χ4n) is 1.46. The van der Waals surface area contributed by atoms with Crippen LogP contribution in [0.4, 0.5) is 4.79 Å². The van der Waals surface area contributed by atoms with Gasteiger partial charge in [0.05, 0.1) is 0 Å². The summed E-state index contributed by atoms with van der Waals surface area (Å²) < 4.78 is 0. The first kappa shape index (κ1) is 16.7. The van der Waals surface area contributed by atoms with E-state index in [4.69, 9.17) is 5.11 Å². The van der Waals surface area contributed by atoms with E-state index >= 15 is 0 Å². The van der Waals surface area contributed by atoms with E-state index in [0.717, 1.165) is 19.3 Å². The molecule has 5 heteroatoms. The first-order valence-corrected chi connectivity index (χ1v) is 6.58. The lowest BCUT2D eigenvalue weighted by Crippen LogP contribution is -2.56. The molecule has 0 spiro atoms. The van der Waals surface area contributed by atoms with E-state index in [2.05, 4.69) is 12.2 Å². The summed E-state index contributed by atoms with van der Waals surface area (Å²) in [5.74, 6) is -1.03. The summed E-state index contributed by atoms with van der Waals surface area (Å²) in [4.78, 5) is 24.8. The molecule has 0 aliphatic rings. The summed E-state index contributed by atoms with van der Waals surface area (Å²) >= 11 is 0. The van der Waals surface area contributed by atoms with Gasteiger partial charge in [0.25, 0.3) is 0 Å². The molecule has 0 rings (SSSR count). The highest BCUT2D eigenvalue weighted by Crippen LogP contribution is 2.09. The average Bonchev–Trinajstić information content (AvgIpc) is 2.28. The summed E-state index contributed by atoms with van der Waals surface area (Å²) in [6, 6.07) is -0.189. The maximum Gasteiger partial charge on any atom is 0.328 e. The minimum Gasteiger partial charge on any atom is -0.480 e. The number of nitrogens with zero attached hydrogens (tertiary/aromatic N) is 1. The topological polar surface area (TPSA) is 69.6 Å². The van der Waals surface area contributed by atoms with Gasteiger partial charge in [-0.05, 0) is 33.6 Å². The molecular weight excluding hydrogens is 232 g/mol. The van der Waals surface area contributed by atoms with Crippen LogP contribution in [0.1, 0.15) is 53.9 Å². The second kappa shape index (κ2) is 7.24. The smallest absolute Gasteiger partial charge is 0.328 e. The highest BCUT2D eigenvalue weighted by molar-refractivity contribution is 5.85. The summed E-state index contributed by atoms with van der Waals surface area (Å²) in [6.45, 7) is 9.69. The Kier molecular flexibility index (Phi) is 6.73. The Morgan fingerprint density at radius 2 is 1.89 bits per heavy atom. The van der Waals surface area contributed by atoms with Crippen LogP contribution in [0.15, 0.2) is 0 Å². The van der Waals surface area contributed by atoms with E-state index in [1.165, 1.54) is 13.8 Å². The fraction of sp³-hybridized carbons (Fsp3) is 0.846. The zero-order valence-corrected chi connectivity index (χ0v) is 12.1. The number of rotatable bonds is 7. The Hall–Kier alpha value is -1.26. The minimum atomic E-state index is -1.24. The van der Waals surface area contributed by atoms with Crippen molar-refractivity contribution >= 4 is 12.0 Å². The van der Waals surface area contributed by atoms with Gasteiger partial charge in [-0.2, -0.15) is 0 Å². The quantitative estimate of drug-likeness (QED) is 0.737. The molecule has 106 valence electrons. The summed E-state index contributed by atoms with van der Waals surface area (Å²) in [5, 5.41) is 11.6. The largest absolute Gasteiger partial charge is 0.480 e. The second-order valence-electron chi connectivity index (χ2n) is 5.16. The van der Waals surface area contributed by atoms with E-state index < -0.39 is 11.5 Å². The molecule has 0 saturated carbocycles. The lowest BCUT2D eigenvalue weighted by molar-refractivity contribution is -0.143. The van der Waals surface area contributed by atoms with Crippen LogP contribution in [0.25, 0.3) is 0 Å². The Balaban J connectivity index is 4.70. The van der Waals surface area contributed by atoms with Crippen LogP contribution >= 0.6 is 0 Å². The SMILES string of the molecule is CCCCN(C(=O)NC(C)(C)C(=O)O)C(C)CC. The van der Waals surface area contributed by atoms with Crippen molar-refractivity contribution < 1.29 is 14.7 Å². The fourth-order valence-corrected chi connectivity index (χ4v) is 1.46. The van der Waals surface area contributed by atoms with Gasteiger partial charge in [0.1, 0.15) is 5.54 Å². The van der Waals surface area contributed by atoms with Crippen molar-refractivity contribution in [3.8, 4) is 0 Å². The molecule has 5 nitrogen and oxygen atoms in total. The number of unbranched alkanes of at least 4 members (excludes halogenated alkanes) is 1. The third-order valence-electron chi connectivity index (χ3n) is 3.09. The van der Waals surface area contributed by atoms with E-state index in [9.17, 15) is 9.59 Å². The molecule has 0 radical (unpaired) electrons. The number of nitrogens with one attached hydrogen (secondary N) is 1. The van der Waals surface area contributed by atoms with Gasteiger partial charge in [0, 0.05) is 12.6 Å². The number of hydrogen-bond acceptors (Lipinski definition) is 2. The van der Waals surface area contributed by atoms with Crippen LogP contribution < -0.4 is 5.32 Å². The van der Waals surface area contributed by atoms with Gasteiger partial charge in [-0.15, -0.1) is 0 Å². The highest BCUT2D eigenvalue weighted by atomic mass is 16.4. The Morgan fingerprint density at radius 1 is 1.33 bits per heavy atom. The van der Waals surface area contributed by atoms with Crippen molar-refractivity contribution in [3.63, 3.8) is 0 Å². The van der Waals surface area contributed by atoms with Crippen molar-refractivity contribution in [2.24, 2.45) is 0 Å². The van der Waals surface area contributed by atoms with Crippen molar-refractivity contribution in [3.05, 3.63) is 0 Å². The molecule has 0 heterocycles. The molecule has 18 heavy (non-hydrogen) atoms. The number of carboxylic acid groups (broad SMARTS) is 1. The van der Waals surface area contributed by atoms with Gasteiger partial charge in [-0.25, -0.2) is 9.59 Å². The molecule has 2 amide bonds. The van der Waals surface area contributed by atoms with E-state index in [1.54, 1.807) is 4.90 Å². The van der Waals surface area contributed by atoms with Crippen LogP contribution in [-0.4, -0.2) is 40.1 Å². The number of carbonyl (C=O) groups excluding carboxylic acids is 1. The van der Waals surface area contributed by atoms with Crippen molar-refractivity contribution in [2.45, 2.75) is 65.5 Å². The Labute approximate surface area is 110 Å². The molecule has 0 aromatic rings. The standard InChI is InChI=1S/C13H26N2O3/c1-6-8-9-15(10(3)7-2)12(18)14-13(4,5)11(16)17/h10H,6-9H2,1-5H3,(H,14,18)(H,16,17). The zero-order chi connectivity index (χ0) is 14.3. The molecular formula is C13H26N2O3. The summed E-state index contributed by atoms with van der Waals surface area (Å²) in [5.41, 5.74) is -1.24. The molecule has 1 atom stereocenters. The minimum absolute atomic E-state index is 0.112. The average molecular weight is 258 g/mol. The highest BCUT2D eigenvalue weighted by Gasteiger charge is 2.31. The Bertz CT molecular complexity index is 290. The molecule has 0 aliphatic carbocycles. The van der Waals surface area contributed by atoms with Gasteiger partial charge in [-0.3, -0.25) is 0 Å². The third kappa shape index (κ3) is 4.94. The lowest BCUT2D eigenvalue weighted by atomic mass is 10.1. The van der Waals surface area contributed by atoms with E-state index in [-0.39, 0.29) is 12.1 Å². The number of carbonyl (C=O) groups is 2. The molecule has 0 saturated heterocycles. The monoisotopic (exact) mass is 258 g/mol. The predicted octanol–water partition coefficient (Wildman–Crippen LogP) is 2.46. The molecule has 0 aromatic heterocycles. The molecule has 0 aliphatic heterocycles. The molecule has 1 unspecified atom stereocenters. The first-order valence-electron chi connectivity index (χ1n) is 6.58.